The fourth-order valence-electron chi connectivity index (χ4n) is 1.40. The van der Waals surface area contributed by atoms with E-state index in [2.05, 4.69) is 5.32 Å². The normalized spacial score (nSPS) is 13.6. The Morgan fingerprint density at radius 3 is 2.24 bits per heavy atom. The molecule has 6 heteroatoms. The minimum absolute atomic E-state index is 0.00482. The van der Waals surface area contributed by atoms with E-state index in [0.29, 0.717) is 5.56 Å². The Labute approximate surface area is 99.8 Å². The van der Waals surface area contributed by atoms with Gasteiger partial charge < -0.3 is 5.32 Å². The lowest BCUT2D eigenvalue weighted by Gasteiger charge is -2.14. The molecule has 1 rings (SSSR count). The van der Waals surface area contributed by atoms with Crippen LogP contribution in [0.3, 0.4) is 0 Å². The molecule has 96 valence electrons. The minimum Gasteiger partial charge on any atom is -0.309 e. The molecule has 0 aromatic heterocycles. The largest absolute Gasteiger partial charge is 0.309 e. The second-order valence-electron chi connectivity index (χ2n) is 4.01. The maximum absolute atomic E-state index is 12.9. The second kappa shape index (κ2) is 5.55. The third-order valence-corrected chi connectivity index (χ3v) is 3.25. The topological polar surface area (TPSA) is 46.2 Å². The summed E-state index contributed by atoms with van der Waals surface area (Å²) in [5.41, 5.74) is 0.455. The molecule has 0 aliphatic rings. The SMILES string of the molecule is CC(NCCS(C)(=O)=O)c1cc(F)cc(F)c1. The van der Waals surface area contributed by atoms with E-state index in [-0.39, 0.29) is 18.3 Å². The van der Waals surface area contributed by atoms with Crippen molar-refractivity contribution in [3.63, 3.8) is 0 Å². The van der Waals surface area contributed by atoms with Crippen molar-refractivity contribution in [3.05, 3.63) is 35.4 Å². The fourth-order valence-corrected chi connectivity index (χ4v) is 1.89. The van der Waals surface area contributed by atoms with Crippen LogP contribution in [0.2, 0.25) is 0 Å². The Morgan fingerprint density at radius 1 is 1.24 bits per heavy atom. The van der Waals surface area contributed by atoms with Crippen LogP contribution in [0.4, 0.5) is 8.78 Å². The van der Waals surface area contributed by atoms with Gasteiger partial charge in [-0.05, 0) is 24.6 Å². The molecule has 0 amide bonds. The Balaban J connectivity index is 2.61. The van der Waals surface area contributed by atoms with E-state index in [1.54, 1.807) is 6.92 Å². The number of sulfone groups is 1. The molecule has 1 N–H and O–H groups in total. The molecule has 0 fully saturated rings. The maximum Gasteiger partial charge on any atom is 0.148 e. The minimum atomic E-state index is -3.03. The third-order valence-electron chi connectivity index (χ3n) is 2.31. The molecule has 0 heterocycles. The first-order chi connectivity index (χ1) is 7.78. The smallest absolute Gasteiger partial charge is 0.148 e. The van der Waals surface area contributed by atoms with Crippen molar-refractivity contribution in [1.29, 1.82) is 0 Å². The Kier molecular flexibility index (Phi) is 4.59. The predicted octanol–water partition coefficient (Wildman–Crippen LogP) is 1.66. The van der Waals surface area contributed by atoms with Crippen LogP contribution in [0.5, 0.6) is 0 Å². The average molecular weight is 263 g/mol. The first-order valence-electron chi connectivity index (χ1n) is 5.15. The van der Waals surface area contributed by atoms with Crippen LogP contribution < -0.4 is 5.32 Å². The van der Waals surface area contributed by atoms with Gasteiger partial charge >= 0.3 is 0 Å². The van der Waals surface area contributed by atoms with E-state index in [0.717, 1.165) is 12.3 Å². The van der Waals surface area contributed by atoms with Gasteiger partial charge in [-0.2, -0.15) is 0 Å². The van der Waals surface area contributed by atoms with E-state index in [1.807, 2.05) is 0 Å². The lowest BCUT2D eigenvalue weighted by molar-refractivity contribution is 0.551. The van der Waals surface area contributed by atoms with Crippen molar-refractivity contribution < 1.29 is 17.2 Å². The van der Waals surface area contributed by atoms with E-state index in [9.17, 15) is 17.2 Å². The van der Waals surface area contributed by atoms with Crippen LogP contribution in [0.25, 0.3) is 0 Å². The lowest BCUT2D eigenvalue weighted by Crippen LogP contribution is -2.25. The van der Waals surface area contributed by atoms with Crippen molar-refractivity contribution in [2.24, 2.45) is 0 Å². The van der Waals surface area contributed by atoms with Gasteiger partial charge in [0.25, 0.3) is 0 Å². The van der Waals surface area contributed by atoms with E-state index in [1.165, 1.54) is 12.1 Å². The van der Waals surface area contributed by atoms with Crippen molar-refractivity contribution in [2.45, 2.75) is 13.0 Å². The Hall–Kier alpha value is -1.01. The molecule has 0 saturated heterocycles. The van der Waals surface area contributed by atoms with Crippen LogP contribution >= 0.6 is 0 Å². The standard InChI is InChI=1S/C11H15F2NO2S/c1-8(14-3-4-17(2,15)16)9-5-10(12)7-11(13)6-9/h5-8,14H,3-4H2,1-2H3. The quantitative estimate of drug-likeness (QED) is 0.879. The Bertz CT molecular complexity index is 468. The molecular formula is C11H15F2NO2S. The van der Waals surface area contributed by atoms with Gasteiger partial charge in [0.05, 0.1) is 5.75 Å². The molecule has 0 saturated carbocycles. The highest BCUT2D eigenvalue weighted by Crippen LogP contribution is 2.15. The molecule has 1 unspecified atom stereocenters. The van der Waals surface area contributed by atoms with Gasteiger partial charge in [-0.3, -0.25) is 0 Å². The van der Waals surface area contributed by atoms with Gasteiger partial charge in [0.15, 0.2) is 0 Å². The zero-order chi connectivity index (χ0) is 13.1. The Morgan fingerprint density at radius 2 is 1.76 bits per heavy atom. The van der Waals surface area contributed by atoms with E-state index < -0.39 is 21.5 Å². The van der Waals surface area contributed by atoms with Crippen molar-refractivity contribution in [1.82, 2.24) is 5.32 Å². The third kappa shape index (κ3) is 5.23. The fraction of sp³-hybridized carbons (Fsp3) is 0.455. The zero-order valence-electron chi connectivity index (χ0n) is 9.70. The van der Waals surface area contributed by atoms with E-state index in [4.69, 9.17) is 0 Å². The first kappa shape index (κ1) is 14.1. The van der Waals surface area contributed by atoms with Gasteiger partial charge in [0, 0.05) is 24.9 Å². The van der Waals surface area contributed by atoms with Crippen molar-refractivity contribution >= 4 is 9.84 Å². The number of hydrogen-bond donors (Lipinski definition) is 1. The molecule has 0 aliphatic heterocycles. The highest BCUT2D eigenvalue weighted by molar-refractivity contribution is 7.90. The summed E-state index contributed by atoms with van der Waals surface area (Å²) in [6.45, 7) is 1.97. The molecule has 1 aromatic carbocycles. The van der Waals surface area contributed by atoms with Crippen molar-refractivity contribution in [3.8, 4) is 0 Å². The molecule has 0 aliphatic carbocycles. The summed E-state index contributed by atoms with van der Waals surface area (Å²) < 4.78 is 47.7. The van der Waals surface area contributed by atoms with Crippen LogP contribution in [-0.2, 0) is 9.84 Å². The molecule has 0 radical (unpaired) electrons. The summed E-state index contributed by atoms with van der Waals surface area (Å²) >= 11 is 0. The monoisotopic (exact) mass is 263 g/mol. The molecule has 0 spiro atoms. The summed E-state index contributed by atoms with van der Waals surface area (Å²) in [4.78, 5) is 0. The maximum atomic E-state index is 12.9. The van der Waals surface area contributed by atoms with Gasteiger partial charge in [0.1, 0.15) is 21.5 Å². The molecule has 0 bridgehead atoms. The molecule has 1 aromatic rings. The van der Waals surface area contributed by atoms with Crippen LogP contribution in [0.1, 0.15) is 18.5 Å². The molecular weight excluding hydrogens is 248 g/mol. The van der Waals surface area contributed by atoms with Crippen LogP contribution in [0.15, 0.2) is 18.2 Å². The number of hydrogen-bond acceptors (Lipinski definition) is 3. The zero-order valence-corrected chi connectivity index (χ0v) is 10.5. The van der Waals surface area contributed by atoms with Gasteiger partial charge in [0.2, 0.25) is 0 Å². The predicted molar refractivity (Wildman–Crippen MR) is 62.5 cm³/mol. The van der Waals surface area contributed by atoms with Crippen LogP contribution in [0, 0.1) is 11.6 Å². The highest BCUT2D eigenvalue weighted by atomic mass is 32.2. The van der Waals surface area contributed by atoms with E-state index >= 15 is 0 Å². The van der Waals surface area contributed by atoms with Gasteiger partial charge in [-0.25, -0.2) is 17.2 Å². The van der Waals surface area contributed by atoms with Crippen LogP contribution in [-0.4, -0.2) is 27.0 Å². The molecule has 1 atom stereocenters. The summed E-state index contributed by atoms with van der Waals surface area (Å²) in [5, 5.41) is 2.90. The number of benzene rings is 1. The van der Waals surface area contributed by atoms with Crippen molar-refractivity contribution in [2.75, 3.05) is 18.6 Å². The molecule has 3 nitrogen and oxygen atoms in total. The number of halogens is 2. The summed E-state index contributed by atoms with van der Waals surface area (Å²) in [6.07, 6.45) is 1.14. The lowest BCUT2D eigenvalue weighted by atomic mass is 10.1. The first-order valence-corrected chi connectivity index (χ1v) is 7.21. The summed E-state index contributed by atoms with van der Waals surface area (Å²) in [5.74, 6) is -1.29. The van der Waals surface area contributed by atoms with Gasteiger partial charge in [-0.1, -0.05) is 0 Å². The summed E-state index contributed by atoms with van der Waals surface area (Å²) in [7, 11) is -3.03. The highest BCUT2D eigenvalue weighted by Gasteiger charge is 2.09. The average Bonchev–Trinajstić information content (AvgIpc) is 2.13. The number of nitrogens with one attached hydrogen (secondary N) is 1. The number of rotatable bonds is 5. The second-order valence-corrected chi connectivity index (χ2v) is 6.27. The van der Waals surface area contributed by atoms with Gasteiger partial charge in [-0.15, -0.1) is 0 Å². The molecule has 17 heavy (non-hydrogen) atoms. The summed E-state index contributed by atoms with van der Waals surface area (Å²) in [6, 6.07) is 2.94.